The summed E-state index contributed by atoms with van der Waals surface area (Å²) in [6.07, 6.45) is 0.800. The van der Waals surface area contributed by atoms with Crippen LogP contribution in [0.5, 0.6) is 0 Å². The van der Waals surface area contributed by atoms with E-state index in [4.69, 9.17) is 17.3 Å². The van der Waals surface area contributed by atoms with Crippen LogP contribution in [-0.4, -0.2) is 0 Å². The van der Waals surface area contributed by atoms with E-state index in [0.717, 1.165) is 17.0 Å². The highest BCUT2D eigenvalue weighted by Gasteiger charge is 2.21. The lowest BCUT2D eigenvalue weighted by atomic mass is 9.87. The smallest absolute Gasteiger partial charge is 0.0422 e. The standard InChI is InChI=1S/C15H16ClN/c1-15(17,11-12-6-3-2-4-7-12)13-8-5-9-14(16)10-13/h2-10H,11,17H2,1H3. The van der Waals surface area contributed by atoms with Gasteiger partial charge in [0.05, 0.1) is 0 Å². The molecule has 0 saturated heterocycles. The van der Waals surface area contributed by atoms with Crippen molar-refractivity contribution in [3.63, 3.8) is 0 Å². The third-order valence-electron chi connectivity index (χ3n) is 2.90. The summed E-state index contributed by atoms with van der Waals surface area (Å²) in [5.74, 6) is 0. The Labute approximate surface area is 107 Å². The van der Waals surface area contributed by atoms with Crippen LogP contribution >= 0.6 is 11.6 Å². The zero-order chi connectivity index (χ0) is 12.3. The molecule has 1 unspecified atom stereocenters. The van der Waals surface area contributed by atoms with Crippen LogP contribution in [0.3, 0.4) is 0 Å². The molecule has 0 saturated carbocycles. The molecule has 0 spiro atoms. The Morgan fingerprint density at radius 1 is 1.06 bits per heavy atom. The SMILES string of the molecule is CC(N)(Cc1ccccc1)c1cccc(Cl)c1. The van der Waals surface area contributed by atoms with Crippen molar-refractivity contribution in [1.82, 2.24) is 0 Å². The first-order valence-electron chi connectivity index (χ1n) is 5.67. The maximum absolute atomic E-state index is 6.38. The highest BCUT2D eigenvalue weighted by molar-refractivity contribution is 6.30. The second-order valence-electron chi connectivity index (χ2n) is 4.59. The van der Waals surface area contributed by atoms with Gasteiger partial charge in [0, 0.05) is 10.6 Å². The predicted octanol–water partition coefficient (Wildman–Crippen LogP) is 3.76. The van der Waals surface area contributed by atoms with Crippen molar-refractivity contribution >= 4 is 11.6 Å². The summed E-state index contributed by atoms with van der Waals surface area (Å²) in [4.78, 5) is 0. The Kier molecular flexibility index (Phi) is 3.51. The minimum Gasteiger partial charge on any atom is -0.321 e. The van der Waals surface area contributed by atoms with E-state index in [1.165, 1.54) is 5.56 Å². The van der Waals surface area contributed by atoms with Gasteiger partial charge in [0.2, 0.25) is 0 Å². The number of benzene rings is 2. The molecule has 2 aromatic carbocycles. The zero-order valence-electron chi connectivity index (χ0n) is 9.86. The quantitative estimate of drug-likeness (QED) is 0.876. The van der Waals surface area contributed by atoms with Crippen molar-refractivity contribution in [3.8, 4) is 0 Å². The first-order valence-corrected chi connectivity index (χ1v) is 6.04. The molecule has 0 fully saturated rings. The molecule has 88 valence electrons. The molecule has 0 aliphatic heterocycles. The van der Waals surface area contributed by atoms with Crippen LogP contribution in [0.2, 0.25) is 5.02 Å². The molecular weight excluding hydrogens is 230 g/mol. The Bertz CT molecular complexity index is 491. The fourth-order valence-electron chi connectivity index (χ4n) is 1.97. The third kappa shape index (κ3) is 3.09. The van der Waals surface area contributed by atoms with E-state index in [9.17, 15) is 0 Å². The van der Waals surface area contributed by atoms with Crippen molar-refractivity contribution < 1.29 is 0 Å². The first kappa shape index (κ1) is 12.2. The second-order valence-corrected chi connectivity index (χ2v) is 5.03. The van der Waals surface area contributed by atoms with Crippen molar-refractivity contribution in [3.05, 3.63) is 70.7 Å². The summed E-state index contributed by atoms with van der Waals surface area (Å²) in [6.45, 7) is 2.03. The Hall–Kier alpha value is -1.31. The van der Waals surface area contributed by atoms with Gasteiger partial charge in [0.15, 0.2) is 0 Å². The van der Waals surface area contributed by atoms with Crippen molar-refractivity contribution in [1.29, 1.82) is 0 Å². The number of hydrogen-bond acceptors (Lipinski definition) is 1. The van der Waals surface area contributed by atoms with Gasteiger partial charge in [-0.05, 0) is 36.6 Å². The van der Waals surface area contributed by atoms with E-state index in [-0.39, 0.29) is 0 Å². The lowest BCUT2D eigenvalue weighted by Gasteiger charge is -2.25. The first-order chi connectivity index (χ1) is 8.08. The van der Waals surface area contributed by atoms with Crippen molar-refractivity contribution in [2.24, 2.45) is 5.73 Å². The molecule has 0 amide bonds. The summed E-state index contributed by atoms with van der Waals surface area (Å²) < 4.78 is 0. The van der Waals surface area contributed by atoms with Gasteiger partial charge in [-0.1, -0.05) is 54.1 Å². The van der Waals surface area contributed by atoms with Crippen molar-refractivity contribution in [2.75, 3.05) is 0 Å². The Morgan fingerprint density at radius 2 is 1.76 bits per heavy atom. The number of halogens is 1. The van der Waals surface area contributed by atoms with Crippen LogP contribution in [-0.2, 0) is 12.0 Å². The summed E-state index contributed by atoms with van der Waals surface area (Å²) in [7, 11) is 0. The summed E-state index contributed by atoms with van der Waals surface area (Å²) in [5, 5.41) is 0.729. The molecule has 0 aromatic heterocycles. The molecule has 17 heavy (non-hydrogen) atoms. The van der Waals surface area contributed by atoms with Crippen LogP contribution in [0.25, 0.3) is 0 Å². The van der Waals surface area contributed by atoms with Gasteiger partial charge in [-0.15, -0.1) is 0 Å². The summed E-state index contributed by atoms with van der Waals surface area (Å²) >= 11 is 6.00. The van der Waals surface area contributed by atoms with E-state index in [1.807, 2.05) is 49.4 Å². The highest BCUT2D eigenvalue weighted by atomic mass is 35.5. The largest absolute Gasteiger partial charge is 0.321 e. The van der Waals surface area contributed by atoms with Gasteiger partial charge in [0.25, 0.3) is 0 Å². The van der Waals surface area contributed by atoms with E-state index in [1.54, 1.807) is 0 Å². The average molecular weight is 246 g/mol. The fourth-order valence-corrected chi connectivity index (χ4v) is 2.16. The van der Waals surface area contributed by atoms with Gasteiger partial charge < -0.3 is 5.73 Å². The number of nitrogens with two attached hydrogens (primary N) is 1. The zero-order valence-corrected chi connectivity index (χ0v) is 10.6. The number of hydrogen-bond donors (Lipinski definition) is 1. The van der Waals surface area contributed by atoms with Gasteiger partial charge in [-0.25, -0.2) is 0 Å². The maximum Gasteiger partial charge on any atom is 0.0422 e. The van der Waals surface area contributed by atoms with Crippen LogP contribution < -0.4 is 5.73 Å². The van der Waals surface area contributed by atoms with Gasteiger partial charge >= 0.3 is 0 Å². The van der Waals surface area contributed by atoms with E-state index >= 15 is 0 Å². The van der Waals surface area contributed by atoms with E-state index in [2.05, 4.69) is 12.1 Å². The van der Waals surface area contributed by atoms with Gasteiger partial charge in [-0.3, -0.25) is 0 Å². The van der Waals surface area contributed by atoms with Gasteiger partial charge in [0.1, 0.15) is 0 Å². The van der Waals surface area contributed by atoms with Crippen LogP contribution in [0, 0.1) is 0 Å². The molecule has 0 aliphatic rings. The second kappa shape index (κ2) is 4.91. The lowest BCUT2D eigenvalue weighted by Crippen LogP contribution is -2.35. The monoisotopic (exact) mass is 245 g/mol. The normalized spacial score (nSPS) is 14.3. The summed E-state index contributed by atoms with van der Waals surface area (Å²) in [5.41, 5.74) is 8.28. The molecule has 2 aromatic rings. The minimum atomic E-state index is -0.397. The van der Waals surface area contributed by atoms with Gasteiger partial charge in [-0.2, -0.15) is 0 Å². The lowest BCUT2D eigenvalue weighted by molar-refractivity contribution is 0.491. The van der Waals surface area contributed by atoms with Crippen LogP contribution in [0.4, 0.5) is 0 Å². The Morgan fingerprint density at radius 3 is 2.41 bits per heavy atom. The molecule has 1 atom stereocenters. The average Bonchev–Trinajstić information content (AvgIpc) is 2.30. The van der Waals surface area contributed by atoms with Crippen LogP contribution in [0.1, 0.15) is 18.1 Å². The molecule has 0 bridgehead atoms. The molecule has 0 heterocycles. The number of rotatable bonds is 3. The molecule has 2 rings (SSSR count). The highest BCUT2D eigenvalue weighted by Crippen LogP contribution is 2.24. The molecule has 2 N–H and O–H groups in total. The third-order valence-corrected chi connectivity index (χ3v) is 3.13. The van der Waals surface area contributed by atoms with E-state index in [0.29, 0.717) is 0 Å². The molecule has 1 nitrogen and oxygen atoms in total. The molecular formula is C15H16ClN. The topological polar surface area (TPSA) is 26.0 Å². The maximum atomic E-state index is 6.38. The molecule has 0 radical (unpaired) electrons. The van der Waals surface area contributed by atoms with E-state index < -0.39 is 5.54 Å². The molecule has 0 aliphatic carbocycles. The summed E-state index contributed by atoms with van der Waals surface area (Å²) in [6, 6.07) is 18.0. The minimum absolute atomic E-state index is 0.397. The molecule has 2 heteroatoms. The predicted molar refractivity (Wildman–Crippen MR) is 73.1 cm³/mol. The Balaban J connectivity index is 2.25. The van der Waals surface area contributed by atoms with Crippen LogP contribution in [0.15, 0.2) is 54.6 Å². The fraction of sp³-hybridized carbons (Fsp3) is 0.200. The van der Waals surface area contributed by atoms with Crippen molar-refractivity contribution in [2.45, 2.75) is 18.9 Å².